The Labute approximate surface area is 160 Å². The molecular weight excluding hydrogens is 342 g/mol. The number of benzene rings is 2. The van der Waals surface area contributed by atoms with Gasteiger partial charge in [-0.25, -0.2) is 0 Å². The molecule has 0 aromatic heterocycles. The molecule has 2 aromatic rings. The predicted molar refractivity (Wildman–Crippen MR) is 111 cm³/mol. The van der Waals surface area contributed by atoms with Crippen LogP contribution >= 0.6 is 12.2 Å². The molecule has 136 valence electrons. The molecule has 0 radical (unpaired) electrons. The van der Waals surface area contributed by atoms with Gasteiger partial charge < -0.3 is 10.6 Å². The third-order valence-electron chi connectivity index (χ3n) is 5.05. The number of nitrogens with zero attached hydrogens (tertiary/aromatic N) is 2. The molecule has 1 aliphatic heterocycles. The second kappa shape index (κ2) is 7.98. The first kappa shape index (κ1) is 18.5. The molecule has 0 bridgehead atoms. The molecule has 3 rings (SSSR count). The molecule has 0 atom stereocenters. The van der Waals surface area contributed by atoms with Crippen LogP contribution in [0.2, 0.25) is 0 Å². The van der Waals surface area contributed by atoms with Gasteiger partial charge in [-0.05, 0) is 75.9 Å². The lowest BCUT2D eigenvalue weighted by Crippen LogP contribution is -2.34. The maximum Gasteiger partial charge on any atom is 0.175 e. The van der Waals surface area contributed by atoms with Crippen molar-refractivity contribution in [3.8, 4) is 0 Å². The number of aryl methyl sites for hydroxylation is 1. The van der Waals surface area contributed by atoms with Crippen LogP contribution in [-0.4, -0.2) is 35.9 Å². The maximum absolute atomic E-state index is 13.0. The van der Waals surface area contributed by atoms with Crippen LogP contribution in [0, 0.1) is 12.8 Å². The highest BCUT2D eigenvalue weighted by molar-refractivity contribution is 7.80. The van der Waals surface area contributed by atoms with Gasteiger partial charge in [-0.3, -0.25) is 9.69 Å². The van der Waals surface area contributed by atoms with E-state index in [4.69, 9.17) is 18.0 Å². The molecule has 2 N–H and O–H groups in total. The average Bonchev–Trinajstić information content (AvgIpc) is 2.64. The lowest BCUT2D eigenvalue weighted by atomic mass is 9.89. The van der Waals surface area contributed by atoms with E-state index in [1.807, 2.05) is 60.4 Å². The number of rotatable bonds is 4. The topological polar surface area (TPSA) is 49.6 Å². The number of piperidine rings is 1. The second-order valence-corrected chi connectivity index (χ2v) is 7.37. The van der Waals surface area contributed by atoms with Crippen molar-refractivity contribution in [2.75, 3.05) is 25.0 Å². The summed E-state index contributed by atoms with van der Waals surface area (Å²) in [6, 6.07) is 15.6. The molecule has 0 unspecified atom stereocenters. The van der Waals surface area contributed by atoms with Gasteiger partial charge in [-0.1, -0.05) is 30.3 Å². The van der Waals surface area contributed by atoms with Crippen molar-refractivity contribution in [2.24, 2.45) is 11.7 Å². The molecule has 4 nitrogen and oxygen atoms in total. The number of hydrogen-bond donors (Lipinski definition) is 1. The minimum Gasteiger partial charge on any atom is -0.376 e. The van der Waals surface area contributed by atoms with E-state index in [-0.39, 0.29) is 16.8 Å². The lowest BCUT2D eigenvalue weighted by molar-refractivity contribution is 0.0857. The monoisotopic (exact) mass is 367 g/mol. The summed E-state index contributed by atoms with van der Waals surface area (Å²) < 4.78 is 0. The number of nitrogens with two attached hydrogens (primary N) is 1. The van der Waals surface area contributed by atoms with Crippen molar-refractivity contribution >= 4 is 34.5 Å². The van der Waals surface area contributed by atoms with E-state index in [2.05, 4.69) is 11.9 Å². The second-order valence-electron chi connectivity index (χ2n) is 6.95. The number of carbonyl (C=O) groups is 1. The number of Topliss-reactive ketones (excluding diaryl/α,β-unsaturated/α-hetero) is 1. The van der Waals surface area contributed by atoms with Crippen molar-refractivity contribution in [2.45, 2.75) is 19.8 Å². The maximum atomic E-state index is 13.0. The standard InChI is InChI=1S/C21H25N3OS/c1-15-6-3-4-9-19(15)24(21(22)26)18-8-5-7-17(14-18)20(25)16-10-12-23(2)13-11-16/h3-9,14,16H,10-13H2,1-2H3,(H2,22,26). The molecule has 2 aromatic carbocycles. The fourth-order valence-corrected chi connectivity index (χ4v) is 3.71. The third-order valence-corrected chi connectivity index (χ3v) is 5.24. The third kappa shape index (κ3) is 3.94. The predicted octanol–water partition coefficient (Wildman–Crippen LogP) is 3.90. The summed E-state index contributed by atoms with van der Waals surface area (Å²) in [5, 5.41) is 0.267. The minimum atomic E-state index is 0.0955. The number of carbonyl (C=O) groups excluding carboxylic acids is 1. The van der Waals surface area contributed by atoms with Crippen LogP contribution in [0.3, 0.4) is 0 Å². The Morgan fingerprint density at radius 2 is 1.85 bits per heavy atom. The van der Waals surface area contributed by atoms with Crippen LogP contribution in [0.5, 0.6) is 0 Å². The van der Waals surface area contributed by atoms with Crippen LogP contribution in [0.4, 0.5) is 11.4 Å². The highest BCUT2D eigenvalue weighted by atomic mass is 32.1. The van der Waals surface area contributed by atoms with Crippen molar-refractivity contribution in [1.29, 1.82) is 0 Å². The van der Waals surface area contributed by atoms with E-state index in [0.29, 0.717) is 0 Å². The first-order valence-corrected chi connectivity index (χ1v) is 9.36. The summed E-state index contributed by atoms with van der Waals surface area (Å²) in [6.45, 7) is 3.96. The van der Waals surface area contributed by atoms with Crippen molar-refractivity contribution < 1.29 is 4.79 Å². The van der Waals surface area contributed by atoms with Crippen molar-refractivity contribution in [3.05, 3.63) is 59.7 Å². The Hall–Kier alpha value is -2.24. The Bertz CT molecular complexity index is 812. The van der Waals surface area contributed by atoms with Crippen LogP contribution < -0.4 is 10.6 Å². The highest BCUT2D eigenvalue weighted by Gasteiger charge is 2.25. The summed E-state index contributed by atoms with van der Waals surface area (Å²) in [5.41, 5.74) is 9.58. The number of likely N-dealkylation sites (tertiary alicyclic amines) is 1. The zero-order valence-corrected chi connectivity index (χ0v) is 16.1. The molecule has 0 amide bonds. The summed E-state index contributed by atoms with van der Waals surface area (Å²) in [7, 11) is 2.10. The number of para-hydroxylation sites is 1. The fraction of sp³-hybridized carbons (Fsp3) is 0.333. The van der Waals surface area contributed by atoms with Gasteiger partial charge in [0.1, 0.15) is 0 Å². The first-order valence-electron chi connectivity index (χ1n) is 8.95. The number of anilines is 2. The van der Waals surface area contributed by atoms with Crippen LogP contribution in [0.1, 0.15) is 28.8 Å². The molecule has 0 aliphatic carbocycles. The molecule has 26 heavy (non-hydrogen) atoms. The number of ketones is 1. The normalized spacial score (nSPS) is 15.6. The van der Waals surface area contributed by atoms with Crippen LogP contribution in [0.15, 0.2) is 48.5 Å². The smallest absolute Gasteiger partial charge is 0.175 e. The number of hydrogen-bond acceptors (Lipinski definition) is 3. The van der Waals surface area contributed by atoms with E-state index in [0.717, 1.165) is 48.4 Å². The molecule has 1 heterocycles. The van der Waals surface area contributed by atoms with Gasteiger partial charge in [-0.2, -0.15) is 0 Å². The molecule has 1 fully saturated rings. The van der Waals surface area contributed by atoms with E-state index >= 15 is 0 Å². The first-order chi connectivity index (χ1) is 12.5. The van der Waals surface area contributed by atoms with E-state index in [9.17, 15) is 4.79 Å². The largest absolute Gasteiger partial charge is 0.376 e. The Morgan fingerprint density at radius 1 is 1.15 bits per heavy atom. The lowest BCUT2D eigenvalue weighted by Gasteiger charge is -2.28. The SMILES string of the molecule is Cc1ccccc1N(C(N)=S)c1cccc(C(=O)C2CCN(C)CC2)c1. The van der Waals surface area contributed by atoms with Crippen molar-refractivity contribution in [1.82, 2.24) is 4.90 Å². The fourth-order valence-electron chi connectivity index (χ4n) is 3.50. The van der Waals surface area contributed by atoms with E-state index in [1.54, 1.807) is 0 Å². The summed E-state index contributed by atoms with van der Waals surface area (Å²) in [4.78, 5) is 17.1. The zero-order chi connectivity index (χ0) is 18.7. The van der Waals surface area contributed by atoms with Crippen LogP contribution in [0.25, 0.3) is 0 Å². The molecule has 5 heteroatoms. The summed E-state index contributed by atoms with van der Waals surface area (Å²) in [5.74, 6) is 0.311. The summed E-state index contributed by atoms with van der Waals surface area (Å²) >= 11 is 5.30. The highest BCUT2D eigenvalue weighted by Crippen LogP contribution is 2.30. The van der Waals surface area contributed by atoms with Gasteiger partial charge in [0, 0.05) is 17.2 Å². The van der Waals surface area contributed by atoms with Gasteiger partial charge in [0.05, 0.1) is 5.69 Å². The average molecular weight is 368 g/mol. The van der Waals surface area contributed by atoms with Gasteiger partial charge >= 0.3 is 0 Å². The quantitative estimate of drug-likeness (QED) is 0.656. The van der Waals surface area contributed by atoms with Gasteiger partial charge in [0.25, 0.3) is 0 Å². The zero-order valence-electron chi connectivity index (χ0n) is 15.3. The van der Waals surface area contributed by atoms with Crippen LogP contribution in [-0.2, 0) is 0 Å². The van der Waals surface area contributed by atoms with Gasteiger partial charge in [-0.15, -0.1) is 0 Å². The molecule has 1 aliphatic rings. The number of thiocarbonyl (C=S) groups is 1. The van der Waals surface area contributed by atoms with Gasteiger partial charge in [0.15, 0.2) is 10.9 Å². The Kier molecular flexibility index (Phi) is 5.69. The molecular formula is C21H25N3OS. The molecule has 0 saturated carbocycles. The Balaban J connectivity index is 1.91. The molecule has 0 spiro atoms. The van der Waals surface area contributed by atoms with E-state index < -0.39 is 0 Å². The van der Waals surface area contributed by atoms with Crippen molar-refractivity contribution in [3.63, 3.8) is 0 Å². The van der Waals surface area contributed by atoms with Gasteiger partial charge in [0.2, 0.25) is 0 Å². The summed E-state index contributed by atoms with van der Waals surface area (Å²) in [6.07, 6.45) is 1.83. The minimum absolute atomic E-state index is 0.0955. The van der Waals surface area contributed by atoms with E-state index in [1.165, 1.54) is 0 Å². The molecule has 1 saturated heterocycles. The Morgan fingerprint density at radius 3 is 2.50 bits per heavy atom.